The summed E-state index contributed by atoms with van der Waals surface area (Å²) in [5.41, 5.74) is 1.77. The van der Waals surface area contributed by atoms with Crippen LogP contribution >= 0.6 is 35.0 Å². The third kappa shape index (κ3) is 2.65. The predicted octanol–water partition coefficient (Wildman–Crippen LogP) is 4.21. The molecular weight excluding hydrogens is 263 g/mol. The molecule has 0 aliphatic carbocycles. The Labute approximate surface area is 109 Å². The first-order chi connectivity index (χ1) is 7.68. The zero-order valence-corrected chi connectivity index (χ0v) is 11.2. The second-order valence-corrected chi connectivity index (χ2v) is 5.44. The SMILES string of the molecule is Cc1ccc(Cl)c(NC2=NCCCS2)c1Cl. The Morgan fingerprint density at radius 3 is 2.88 bits per heavy atom. The van der Waals surface area contributed by atoms with Gasteiger partial charge in [-0.3, -0.25) is 4.99 Å². The van der Waals surface area contributed by atoms with Crippen LogP contribution in [-0.4, -0.2) is 17.5 Å². The normalized spacial score (nSPS) is 15.8. The van der Waals surface area contributed by atoms with Crippen LogP contribution in [0.25, 0.3) is 0 Å². The number of halogens is 2. The number of nitrogens with zero attached hydrogens (tertiary/aromatic N) is 1. The minimum absolute atomic E-state index is 0.629. The van der Waals surface area contributed by atoms with Gasteiger partial charge < -0.3 is 5.32 Å². The molecule has 16 heavy (non-hydrogen) atoms. The number of hydrogen-bond acceptors (Lipinski definition) is 3. The first kappa shape index (κ1) is 12.1. The van der Waals surface area contributed by atoms with E-state index in [-0.39, 0.29) is 0 Å². The molecule has 0 amide bonds. The van der Waals surface area contributed by atoms with Gasteiger partial charge in [0.15, 0.2) is 5.17 Å². The molecule has 0 saturated heterocycles. The van der Waals surface area contributed by atoms with Crippen LogP contribution in [-0.2, 0) is 0 Å². The van der Waals surface area contributed by atoms with Crippen LogP contribution in [0.1, 0.15) is 12.0 Å². The van der Waals surface area contributed by atoms with Gasteiger partial charge in [-0.15, -0.1) is 0 Å². The van der Waals surface area contributed by atoms with Crippen molar-refractivity contribution in [2.45, 2.75) is 13.3 Å². The molecule has 1 aromatic carbocycles. The number of amidine groups is 1. The van der Waals surface area contributed by atoms with E-state index in [0.29, 0.717) is 10.0 Å². The van der Waals surface area contributed by atoms with Crippen molar-refractivity contribution >= 4 is 45.8 Å². The van der Waals surface area contributed by atoms with E-state index in [1.165, 1.54) is 0 Å². The second-order valence-electron chi connectivity index (χ2n) is 3.57. The van der Waals surface area contributed by atoms with Gasteiger partial charge in [-0.2, -0.15) is 0 Å². The smallest absolute Gasteiger partial charge is 0.161 e. The maximum absolute atomic E-state index is 6.21. The van der Waals surface area contributed by atoms with Gasteiger partial charge >= 0.3 is 0 Å². The lowest BCUT2D eigenvalue weighted by Gasteiger charge is -2.16. The first-order valence-corrected chi connectivity index (χ1v) is 6.81. The van der Waals surface area contributed by atoms with Crippen molar-refractivity contribution in [3.8, 4) is 0 Å². The molecule has 0 bridgehead atoms. The van der Waals surface area contributed by atoms with E-state index >= 15 is 0 Å². The lowest BCUT2D eigenvalue weighted by molar-refractivity contribution is 0.938. The fourth-order valence-electron chi connectivity index (χ4n) is 1.41. The first-order valence-electron chi connectivity index (χ1n) is 5.07. The van der Waals surface area contributed by atoms with Gasteiger partial charge in [0, 0.05) is 12.3 Å². The molecule has 1 heterocycles. The molecule has 1 aliphatic heterocycles. The molecule has 0 spiro atoms. The number of aryl methyl sites for hydroxylation is 1. The van der Waals surface area contributed by atoms with Gasteiger partial charge in [0.05, 0.1) is 15.7 Å². The number of nitrogens with one attached hydrogen (secondary N) is 1. The summed E-state index contributed by atoms with van der Waals surface area (Å²) in [5, 5.41) is 5.41. The third-order valence-electron chi connectivity index (χ3n) is 2.31. The summed E-state index contributed by atoms with van der Waals surface area (Å²) >= 11 is 14.0. The highest BCUT2D eigenvalue weighted by Crippen LogP contribution is 2.33. The lowest BCUT2D eigenvalue weighted by atomic mass is 10.2. The molecule has 0 fully saturated rings. The summed E-state index contributed by atoms with van der Waals surface area (Å²) < 4.78 is 0. The standard InChI is InChI=1S/C11H12Cl2N2S/c1-7-3-4-8(12)10(9(7)13)15-11-14-5-2-6-16-11/h3-4H,2,5-6H2,1H3,(H,14,15). The van der Waals surface area contributed by atoms with Crippen LogP contribution in [0.2, 0.25) is 10.0 Å². The summed E-state index contributed by atoms with van der Waals surface area (Å²) in [6, 6.07) is 3.75. The highest BCUT2D eigenvalue weighted by atomic mass is 35.5. The summed E-state index contributed by atoms with van der Waals surface area (Å²) in [6.45, 7) is 2.83. The zero-order chi connectivity index (χ0) is 11.5. The fraction of sp³-hybridized carbons (Fsp3) is 0.364. The lowest BCUT2D eigenvalue weighted by Crippen LogP contribution is -2.14. The van der Waals surface area contributed by atoms with Crippen molar-refractivity contribution in [3.63, 3.8) is 0 Å². The van der Waals surface area contributed by atoms with Crippen LogP contribution in [0, 0.1) is 6.92 Å². The molecule has 86 valence electrons. The Balaban J connectivity index is 2.26. The molecule has 0 radical (unpaired) electrons. The minimum atomic E-state index is 0.629. The van der Waals surface area contributed by atoms with Crippen LogP contribution < -0.4 is 5.32 Å². The van der Waals surface area contributed by atoms with E-state index in [1.54, 1.807) is 11.8 Å². The number of rotatable bonds is 1. The molecule has 1 aromatic rings. The Hall–Kier alpha value is -0.380. The summed E-state index contributed by atoms with van der Waals surface area (Å²) in [5.74, 6) is 1.09. The second kappa shape index (κ2) is 5.30. The van der Waals surface area contributed by atoms with Crippen LogP contribution in [0.5, 0.6) is 0 Å². The van der Waals surface area contributed by atoms with Crippen molar-refractivity contribution in [3.05, 3.63) is 27.7 Å². The molecule has 2 rings (SSSR count). The van der Waals surface area contributed by atoms with Crippen molar-refractivity contribution in [2.24, 2.45) is 4.99 Å². The third-order valence-corrected chi connectivity index (χ3v) is 4.11. The van der Waals surface area contributed by atoms with E-state index in [0.717, 1.165) is 35.1 Å². The Morgan fingerprint density at radius 1 is 1.38 bits per heavy atom. The highest BCUT2D eigenvalue weighted by molar-refractivity contribution is 8.14. The molecule has 0 unspecified atom stereocenters. The average Bonchev–Trinajstić information content (AvgIpc) is 2.31. The Kier molecular flexibility index (Phi) is 4.00. The van der Waals surface area contributed by atoms with Crippen molar-refractivity contribution in [1.82, 2.24) is 0 Å². The molecular formula is C11H12Cl2N2S. The molecule has 5 heteroatoms. The van der Waals surface area contributed by atoms with Gasteiger partial charge in [0.2, 0.25) is 0 Å². The molecule has 0 aromatic heterocycles. The Morgan fingerprint density at radius 2 is 2.19 bits per heavy atom. The highest BCUT2D eigenvalue weighted by Gasteiger charge is 2.12. The van der Waals surface area contributed by atoms with Gasteiger partial charge in [0.1, 0.15) is 0 Å². The molecule has 2 nitrogen and oxygen atoms in total. The molecule has 1 N–H and O–H groups in total. The fourth-order valence-corrected chi connectivity index (χ4v) is 2.70. The van der Waals surface area contributed by atoms with Crippen molar-refractivity contribution in [2.75, 3.05) is 17.6 Å². The van der Waals surface area contributed by atoms with Gasteiger partial charge in [-0.1, -0.05) is 41.0 Å². The molecule has 0 atom stereocenters. The average molecular weight is 275 g/mol. The number of anilines is 1. The van der Waals surface area contributed by atoms with Crippen LogP contribution in [0.4, 0.5) is 5.69 Å². The maximum atomic E-state index is 6.21. The van der Waals surface area contributed by atoms with Crippen molar-refractivity contribution in [1.29, 1.82) is 0 Å². The van der Waals surface area contributed by atoms with Gasteiger partial charge in [-0.05, 0) is 25.0 Å². The monoisotopic (exact) mass is 274 g/mol. The van der Waals surface area contributed by atoms with Crippen LogP contribution in [0.15, 0.2) is 17.1 Å². The van der Waals surface area contributed by atoms with Gasteiger partial charge in [0.25, 0.3) is 0 Å². The van der Waals surface area contributed by atoms with Gasteiger partial charge in [-0.25, -0.2) is 0 Å². The molecule has 1 aliphatic rings. The predicted molar refractivity (Wildman–Crippen MR) is 74.2 cm³/mol. The number of benzene rings is 1. The van der Waals surface area contributed by atoms with E-state index in [4.69, 9.17) is 23.2 Å². The summed E-state index contributed by atoms with van der Waals surface area (Å²) in [7, 11) is 0. The summed E-state index contributed by atoms with van der Waals surface area (Å²) in [6.07, 6.45) is 1.13. The van der Waals surface area contributed by atoms with E-state index < -0.39 is 0 Å². The maximum Gasteiger partial charge on any atom is 0.161 e. The molecule has 0 saturated carbocycles. The van der Waals surface area contributed by atoms with Crippen molar-refractivity contribution < 1.29 is 0 Å². The van der Waals surface area contributed by atoms with Crippen LogP contribution in [0.3, 0.4) is 0 Å². The van der Waals surface area contributed by atoms with E-state index in [2.05, 4.69) is 10.3 Å². The largest absolute Gasteiger partial charge is 0.333 e. The number of hydrogen-bond donors (Lipinski definition) is 1. The Bertz CT molecular complexity index is 432. The number of aliphatic imine (C=N–C) groups is 1. The van der Waals surface area contributed by atoms with E-state index in [1.807, 2.05) is 19.1 Å². The van der Waals surface area contributed by atoms with E-state index in [9.17, 15) is 0 Å². The zero-order valence-electron chi connectivity index (χ0n) is 8.89. The summed E-state index contributed by atoms with van der Waals surface area (Å²) in [4.78, 5) is 4.39. The topological polar surface area (TPSA) is 24.4 Å². The number of thioether (sulfide) groups is 1. The minimum Gasteiger partial charge on any atom is -0.333 e. The quantitative estimate of drug-likeness (QED) is 0.830.